The average molecular weight is 349 g/mol. The van der Waals surface area contributed by atoms with Crippen LogP contribution in [0.4, 0.5) is 0 Å². The normalized spacial score (nSPS) is 16.2. The molecule has 0 bridgehead atoms. The average Bonchev–Trinajstić information content (AvgIpc) is 2.62. The largest absolute Gasteiger partial charge is 0.340 e. The van der Waals surface area contributed by atoms with Gasteiger partial charge in [0.05, 0.1) is 16.5 Å². The molecule has 1 aliphatic heterocycles. The van der Waals surface area contributed by atoms with Gasteiger partial charge in [0.15, 0.2) is 0 Å². The van der Waals surface area contributed by atoms with Crippen molar-refractivity contribution in [1.82, 2.24) is 9.21 Å². The number of sulfonamides is 1. The van der Waals surface area contributed by atoms with Crippen molar-refractivity contribution in [2.24, 2.45) is 5.92 Å². The molecule has 0 N–H and O–H groups in total. The third-order valence-electron chi connectivity index (χ3n) is 4.51. The number of hydrogen-bond donors (Lipinski definition) is 0. The van der Waals surface area contributed by atoms with Gasteiger partial charge in [0.2, 0.25) is 15.9 Å². The maximum atomic E-state index is 12.6. The molecular weight excluding hydrogens is 326 g/mol. The summed E-state index contributed by atoms with van der Waals surface area (Å²) in [6.07, 6.45) is 1.61. The first-order valence-corrected chi connectivity index (χ1v) is 9.67. The van der Waals surface area contributed by atoms with Crippen LogP contribution in [0, 0.1) is 17.2 Å². The van der Waals surface area contributed by atoms with E-state index in [1.54, 1.807) is 4.90 Å². The molecule has 1 aliphatic rings. The Morgan fingerprint density at radius 2 is 1.67 bits per heavy atom. The second kappa shape index (κ2) is 7.77. The summed E-state index contributed by atoms with van der Waals surface area (Å²) in [5, 5.41) is 8.80. The van der Waals surface area contributed by atoms with E-state index in [0.717, 1.165) is 12.8 Å². The zero-order valence-electron chi connectivity index (χ0n) is 14.1. The van der Waals surface area contributed by atoms with Crippen LogP contribution in [0.5, 0.6) is 0 Å². The van der Waals surface area contributed by atoms with Gasteiger partial charge in [-0.25, -0.2) is 8.42 Å². The summed E-state index contributed by atoms with van der Waals surface area (Å²) in [5.74, 6) is 0.141. The van der Waals surface area contributed by atoms with Crippen LogP contribution in [0.25, 0.3) is 0 Å². The van der Waals surface area contributed by atoms with Gasteiger partial charge in [0.25, 0.3) is 0 Å². The second-order valence-electron chi connectivity index (χ2n) is 5.88. The van der Waals surface area contributed by atoms with Gasteiger partial charge in [-0.15, -0.1) is 0 Å². The third-order valence-corrected chi connectivity index (χ3v) is 6.42. The van der Waals surface area contributed by atoms with Crippen molar-refractivity contribution in [3.05, 3.63) is 29.8 Å². The van der Waals surface area contributed by atoms with Gasteiger partial charge in [-0.05, 0) is 37.1 Å². The highest BCUT2D eigenvalue weighted by Gasteiger charge is 2.31. The van der Waals surface area contributed by atoms with Crippen molar-refractivity contribution in [3.8, 4) is 6.07 Å². The summed E-state index contributed by atoms with van der Waals surface area (Å²) in [6.45, 7) is 5.44. The fraction of sp³-hybridized carbons (Fsp3) is 0.529. The molecule has 1 heterocycles. The molecule has 0 saturated carbocycles. The van der Waals surface area contributed by atoms with E-state index in [0.29, 0.717) is 31.7 Å². The molecule has 1 aromatic rings. The lowest BCUT2D eigenvalue weighted by Gasteiger charge is -2.35. The van der Waals surface area contributed by atoms with E-state index in [1.807, 2.05) is 19.9 Å². The Morgan fingerprint density at radius 3 is 2.12 bits per heavy atom. The number of amides is 1. The molecule has 130 valence electrons. The molecular formula is C17H23N3O3S. The predicted octanol–water partition coefficient (Wildman–Crippen LogP) is 1.83. The van der Waals surface area contributed by atoms with E-state index in [4.69, 9.17) is 5.26 Å². The minimum absolute atomic E-state index is 0.0201. The SMILES string of the molecule is CCC(CC)C(=O)N1CCN(S(=O)(=O)c2ccc(C#N)cc2)CC1. The number of piperazine rings is 1. The Morgan fingerprint density at radius 1 is 1.12 bits per heavy atom. The van der Waals surface area contributed by atoms with Crippen LogP contribution in [-0.4, -0.2) is 49.7 Å². The Kier molecular flexibility index (Phi) is 5.97. The van der Waals surface area contributed by atoms with Crippen LogP contribution >= 0.6 is 0 Å². The molecule has 24 heavy (non-hydrogen) atoms. The van der Waals surface area contributed by atoms with Crippen LogP contribution < -0.4 is 0 Å². The lowest BCUT2D eigenvalue weighted by Crippen LogP contribution is -2.51. The van der Waals surface area contributed by atoms with Crippen LogP contribution in [0.2, 0.25) is 0 Å². The van der Waals surface area contributed by atoms with Crippen molar-refractivity contribution < 1.29 is 13.2 Å². The predicted molar refractivity (Wildman–Crippen MR) is 90.6 cm³/mol. The lowest BCUT2D eigenvalue weighted by molar-refractivity contribution is -0.136. The van der Waals surface area contributed by atoms with Gasteiger partial charge in [0.1, 0.15) is 0 Å². The van der Waals surface area contributed by atoms with Crippen molar-refractivity contribution in [2.45, 2.75) is 31.6 Å². The maximum absolute atomic E-state index is 12.6. The van der Waals surface area contributed by atoms with Crippen LogP contribution in [-0.2, 0) is 14.8 Å². The van der Waals surface area contributed by atoms with Gasteiger partial charge in [-0.2, -0.15) is 9.57 Å². The molecule has 1 amide bonds. The van der Waals surface area contributed by atoms with E-state index in [9.17, 15) is 13.2 Å². The summed E-state index contributed by atoms with van der Waals surface area (Å²) >= 11 is 0. The fourth-order valence-electron chi connectivity index (χ4n) is 2.90. The van der Waals surface area contributed by atoms with Gasteiger partial charge >= 0.3 is 0 Å². The molecule has 7 heteroatoms. The van der Waals surface area contributed by atoms with Gasteiger partial charge in [-0.3, -0.25) is 4.79 Å². The molecule has 0 radical (unpaired) electrons. The molecule has 0 aliphatic carbocycles. The Hall–Kier alpha value is -1.91. The van der Waals surface area contributed by atoms with E-state index in [2.05, 4.69) is 0 Å². The highest BCUT2D eigenvalue weighted by Crippen LogP contribution is 2.20. The van der Waals surface area contributed by atoms with Gasteiger partial charge in [0, 0.05) is 32.1 Å². The molecule has 2 rings (SSSR count). The first-order valence-electron chi connectivity index (χ1n) is 8.23. The zero-order valence-corrected chi connectivity index (χ0v) is 14.9. The molecule has 1 fully saturated rings. The molecule has 1 aromatic carbocycles. The van der Waals surface area contributed by atoms with Crippen LogP contribution in [0.15, 0.2) is 29.2 Å². The van der Waals surface area contributed by atoms with Crippen molar-refractivity contribution >= 4 is 15.9 Å². The minimum atomic E-state index is -3.58. The van der Waals surface area contributed by atoms with Crippen molar-refractivity contribution in [1.29, 1.82) is 5.26 Å². The highest BCUT2D eigenvalue weighted by molar-refractivity contribution is 7.89. The summed E-state index contributed by atoms with van der Waals surface area (Å²) in [5.41, 5.74) is 0.425. The first-order chi connectivity index (χ1) is 11.4. The molecule has 0 spiro atoms. The molecule has 0 unspecified atom stereocenters. The summed E-state index contributed by atoms with van der Waals surface area (Å²) < 4.78 is 26.7. The van der Waals surface area contributed by atoms with E-state index >= 15 is 0 Å². The summed E-state index contributed by atoms with van der Waals surface area (Å²) in [6, 6.07) is 7.88. The number of carbonyl (C=O) groups excluding carboxylic acids is 1. The third kappa shape index (κ3) is 3.77. The minimum Gasteiger partial charge on any atom is -0.340 e. The number of nitrogens with zero attached hydrogens (tertiary/aromatic N) is 3. The Balaban J connectivity index is 2.05. The molecule has 0 aromatic heterocycles. The molecule has 1 saturated heterocycles. The van der Waals surface area contributed by atoms with Gasteiger partial charge < -0.3 is 4.90 Å². The number of nitriles is 1. The maximum Gasteiger partial charge on any atom is 0.243 e. The molecule has 6 nitrogen and oxygen atoms in total. The number of hydrogen-bond acceptors (Lipinski definition) is 4. The van der Waals surface area contributed by atoms with Crippen LogP contribution in [0.1, 0.15) is 32.3 Å². The first kappa shape index (κ1) is 18.4. The second-order valence-corrected chi connectivity index (χ2v) is 7.82. The number of rotatable bonds is 5. The topological polar surface area (TPSA) is 81.5 Å². The lowest BCUT2D eigenvalue weighted by atomic mass is 10.0. The van der Waals surface area contributed by atoms with E-state index in [1.165, 1.54) is 28.6 Å². The van der Waals surface area contributed by atoms with Crippen molar-refractivity contribution in [3.63, 3.8) is 0 Å². The standard InChI is InChI=1S/C17H23N3O3S/c1-3-15(4-2)17(21)19-9-11-20(12-10-19)24(22,23)16-7-5-14(13-18)6-8-16/h5-8,15H,3-4,9-12H2,1-2H3. The van der Waals surface area contributed by atoms with E-state index in [-0.39, 0.29) is 16.7 Å². The summed E-state index contributed by atoms with van der Waals surface area (Å²) in [7, 11) is -3.58. The van der Waals surface area contributed by atoms with E-state index < -0.39 is 10.0 Å². The quantitative estimate of drug-likeness (QED) is 0.812. The Bertz CT molecular complexity index is 710. The van der Waals surface area contributed by atoms with Crippen molar-refractivity contribution in [2.75, 3.05) is 26.2 Å². The zero-order chi connectivity index (χ0) is 17.7. The monoisotopic (exact) mass is 349 g/mol. The number of benzene rings is 1. The fourth-order valence-corrected chi connectivity index (χ4v) is 4.32. The summed E-state index contributed by atoms with van der Waals surface area (Å²) in [4.78, 5) is 14.3. The number of carbonyl (C=O) groups is 1. The van der Waals surface area contributed by atoms with Crippen LogP contribution in [0.3, 0.4) is 0 Å². The molecule has 0 atom stereocenters. The Labute approximate surface area is 143 Å². The highest BCUT2D eigenvalue weighted by atomic mass is 32.2. The smallest absolute Gasteiger partial charge is 0.243 e. The van der Waals surface area contributed by atoms with Gasteiger partial charge in [-0.1, -0.05) is 13.8 Å².